The smallest absolute Gasteiger partial charge is 0.270 e. The minimum Gasteiger partial charge on any atom is -0.353 e. The average Bonchev–Trinajstić information content (AvgIpc) is 2.98. The number of nitro benzene ring substituents is 1. The molecular weight excluding hydrogens is 392 g/mol. The third-order valence-corrected chi connectivity index (χ3v) is 5.47. The Kier molecular flexibility index (Phi) is 6.43. The molecule has 1 saturated heterocycles. The molecule has 1 fully saturated rings. The number of imide groups is 1. The molecular formula is C20H24N4O6. The molecule has 0 unspecified atom stereocenters. The van der Waals surface area contributed by atoms with Crippen molar-refractivity contribution >= 4 is 29.3 Å². The van der Waals surface area contributed by atoms with E-state index < -0.39 is 16.7 Å². The molecule has 2 heterocycles. The number of rotatable bonds is 7. The summed E-state index contributed by atoms with van der Waals surface area (Å²) in [5.41, 5.74) is -0.0738. The van der Waals surface area contributed by atoms with E-state index in [0.717, 1.165) is 11.0 Å². The summed E-state index contributed by atoms with van der Waals surface area (Å²) in [6.45, 7) is 2.99. The number of amides is 4. The first-order valence-corrected chi connectivity index (χ1v) is 10.0. The van der Waals surface area contributed by atoms with Gasteiger partial charge in [0.25, 0.3) is 17.5 Å². The van der Waals surface area contributed by atoms with E-state index in [-0.39, 0.29) is 47.6 Å². The van der Waals surface area contributed by atoms with Gasteiger partial charge in [-0.25, -0.2) is 0 Å². The van der Waals surface area contributed by atoms with Crippen molar-refractivity contribution in [3.63, 3.8) is 0 Å². The van der Waals surface area contributed by atoms with Crippen LogP contribution in [-0.2, 0) is 9.59 Å². The second-order valence-corrected chi connectivity index (χ2v) is 7.43. The first kappa shape index (κ1) is 21.4. The van der Waals surface area contributed by atoms with Crippen molar-refractivity contribution in [1.29, 1.82) is 0 Å². The Hall–Kier alpha value is -3.30. The molecule has 10 nitrogen and oxygen atoms in total. The number of carbonyl (C=O) groups is 4. The monoisotopic (exact) mass is 416 g/mol. The highest BCUT2D eigenvalue weighted by molar-refractivity contribution is 6.21. The van der Waals surface area contributed by atoms with Gasteiger partial charge in [-0.05, 0) is 25.3 Å². The van der Waals surface area contributed by atoms with E-state index in [1.54, 1.807) is 11.8 Å². The van der Waals surface area contributed by atoms with Gasteiger partial charge in [-0.3, -0.25) is 34.2 Å². The number of non-ortho nitro benzene ring substituents is 1. The van der Waals surface area contributed by atoms with Crippen LogP contribution in [0.3, 0.4) is 0 Å². The molecule has 0 saturated carbocycles. The molecule has 2 aliphatic heterocycles. The lowest BCUT2D eigenvalue weighted by molar-refractivity contribution is -0.384. The SMILES string of the molecule is CCC(=O)NC1CCN(C(=O)CCCN2C(=O)c3ccc([N+](=O)[O-])cc3C2=O)CC1. The second-order valence-electron chi connectivity index (χ2n) is 7.43. The zero-order chi connectivity index (χ0) is 21.8. The Morgan fingerprint density at radius 1 is 1.17 bits per heavy atom. The van der Waals surface area contributed by atoms with Crippen molar-refractivity contribution in [2.75, 3.05) is 19.6 Å². The van der Waals surface area contributed by atoms with E-state index in [1.807, 2.05) is 0 Å². The number of piperidine rings is 1. The molecule has 4 amide bonds. The van der Waals surface area contributed by atoms with E-state index >= 15 is 0 Å². The molecule has 0 atom stereocenters. The van der Waals surface area contributed by atoms with Gasteiger partial charge in [-0.15, -0.1) is 0 Å². The van der Waals surface area contributed by atoms with Crippen molar-refractivity contribution in [2.45, 2.75) is 45.1 Å². The molecule has 0 aliphatic carbocycles. The fraction of sp³-hybridized carbons (Fsp3) is 0.500. The van der Waals surface area contributed by atoms with E-state index in [0.29, 0.717) is 38.8 Å². The van der Waals surface area contributed by atoms with Crippen LogP contribution in [0, 0.1) is 10.1 Å². The first-order valence-electron chi connectivity index (χ1n) is 10.0. The summed E-state index contributed by atoms with van der Waals surface area (Å²) in [6.07, 6.45) is 2.35. The van der Waals surface area contributed by atoms with Crippen LogP contribution >= 0.6 is 0 Å². The normalized spacial score (nSPS) is 16.6. The molecule has 10 heteroatoms. The summed E-state index contributed by atoms with van der Waals surface area (Å²) in [4.78, 5) is 61.8. The predicted octanol–water partition coefficient (Wildman–Crippen LogP) is 1.49. The van der Waals surface area contributed by atoms with Gasteiger partial charge in [0.15, 0.2) is 0 Å². The molecule has 160 valence electrons. The Morgan fingerprint density at radius 3 is 2.47 bits per heavy atom. The molecule has 2 aliphatic rings. The summed E-state index contributed by atoms with van der Waals surface area (Å²) >= 11 is 0. The summed E-state index contributed by atoms with van der Waals surface area (Å²) in [5, 5.41) is 13.8. The first-order chi connectivity index (χ1) is 14.3. The van der Waals surface area contributed by atoms with E-state index in [4.69, 9.17) is 0 Å². The fourth-order valence-electron chi connectivity index (χ4n) is 3.74. The maximum Gasteiger partial charge on any atom is 0.270 e. The number of fused-ring (bicyclic) bond motifs is 1. The molecule has 1 aromatic rings. The van der Waals surface area contributed by atoms with Gasteiger partial charge in [0.1, 0.15) is 0 Å². The molecule has 30 heavy (non-hydrogen) atoms. The van der Waals surface area contributed by atoms with Crippen LogP contribution in [0.4, 0.5) is 5.69 Å². The molecule has 0 bridgehead atoms. The van der Waals surface area contributed by atoms with Crippen molar-refractivity contribution in [1.82, 2.24) is 15.1 Å². The van der Waals surface area contributed by atoms with Gasteiger partial charge in [-0.2, -0.15) is 0 Å². The summed E-state index contributed by atoms with van der Waals surface area (Å²) in [7, 11) is 0. The van der Waals surface area contributed by atoms with Gasteiger partial charge < -0.3 is 10.2 Å². The lowest BCUT2D eigenvalue weighted by Crippen LogP contribution is -2.46. The largest absolute Gasteiger partial charge is 0.353 e. The summed E-state index contributed by atoms with van der Waals surface area (Å²) in [6, 6.07) is 3.69. The average molecular weight is 416 g/mol. The number of nitrogens with one attached hydrogen (secondary N) is 1. The van der Waals surface area contributed by atoms with Crippen molar-refractivity contribution in [3.05, 3.63) is 39.4 Å². The lowest BCUT2D eigenvalue weighted by Gasteiger charge is -2.32. The minimum absolute atomic E-state index is 0.00560. The lowest BCUT2D eigenvalue weighted by atomic mass is 10.0. The third kappa shape index (κ3) is 4.47. The molecule has 0 radical (unpaired) electrons. The van der Waals surface area contributed by atoms with Crippen LogP contribution in [-0.4, -0.2) is 64.0 Å². The molecule has 0 aromatic heterocycles. The van der Waals surface area contributed by atoms with Crippen LogP contribution in [0.5, 0.6) is 0 Å². The Labute approximate surface area is 173 Å². The third-order valence-electron chi connectivity index (χ3n) is 5.47. The molecule has 1 N–H and O–H groups in total. The standard InChI is InChI=1S/C20H24N4O6/c1-2-17(25)21-13-7-10-22(11-8-13)18(26)4-3-9-23-19(27)15-6-5-14(24(29)30)12-16(15)20(23)28/h5-6,12-13H,2-4,7-11H2,1H3,(H,21,25). The zero-order valence-electron chi connectivity index (χ0n) is 16.8. The maximum atomic E-state index is 12.5. The quantitative estimate of drug-likeness (QED) is 0.407. The topological polar surface area (TPSA) is 130 Å². The highest BCUT2D eigenvalue weighted by Crippen LogP contribution is 2.27. The number of benzene rings is 1. The van der Waals surface area contributed by atoms with E-state index in [1.165, 1.54) is 12.1 Å². The van der Waals surface area contributed by atoms with Crippen LogP contribution in [0.25, 0.3) is 0 Å². The van der Waals surface area contributed by atoms with Crippen molar-refractivity contribution in [3.8, 4) is 0 Å². The van der Waals surface area contributed by atoms with Crippen LogP contribution in [0.1, 0.15) is 59.7 Å². The minimum atomic E-state index is -0.615. The van der Waals surface area contributed by atoms with Gasteiger partial charge in [0.05, 0.1) is 16.1 Å². The van der Waals surface area contributed by atoms with Gasteiger partial charge in [0.2, 0.25) is 11.8 Å². The van der Waals surface area contributed by atoms with Crippen LogP contribution < -0.4 is 5.32 Å². The van der Waals surface area contributed by atoms with Crippen LogP contribution in [0.15, 0.2) is 18.2 Å². The highest BCUT2D eigenvalue weighted by atomic mass is 16.6. The van der Waals surface area contributed by atoms with Crippen LogP contribution in [0.2, 0.25) is 0 Å². The summed E-state index contributed by atoms with van der Waals surface area (Å²) < 4.78 is 0. The Morgan fingerprint density at radius 2 is 1.83 bits per heavy atom. The van der Waals surface area contributed by atoms with Crippen molar-refractivity contribution in [2.24, 2.45) is 0 Å². The zero-order valence-corrected chi connectivity index (χ0v) is 16.8. The van der Waals surface area contributed by atoms with Gasteiger partial charge >= 0.3 is 0 Å². The Balaban J connectivity index is 1.48. The maximum absolute atomic E-state index is 12.5. The number of carbonyl (C=O) groups excluding carboxylic acids is 4. The fourth-order valence-corrected chi connectivity index (χ4v) is 3.74. The van der Waals surface area contributed by atoms with Gasteiger partial charge in [-0.1, -0.05) is 6.92 Å². The number of nitrogens with zero attached hydrogens (tertiary/aromatic N) is 3. The number of likely N-dealkylation sites (tertiary alicyclic amines) is 1. The van der Waals surface area contributed by atoms with E-state index in [2.05, 4.69) is 5.32 Å². The molecule has 3 rings (SSSR count). The van der Waals surface area contributed by atoms with Gasteiger partial charge in [0, 0.05) is 50.7 Å². The second kappa shape index (κ2) is 9.02. The number of nitro groups is 1. The predicted molar refractivity (Wildman–Crippen MR) is 106 cm³/mol. The summed E-state index contributed by atoms with van der Waals surface area (Å²) in [5.74, 6) is -1.11. The van der Waals surface area contributed by atoms with E-state index in [9.17, 15) is 29.3 Å². The molecule has 1 aromatic carbocycles. The highest BCUT2D eigenvalue weighted by Gasteiger charge is 2.36. The molecule has 0 spiro atoms. The van der Waals surface area contributed by atoms with Crippen molar-refractivity contribution < 1.29 is 24.1 Å². The number of hydrogen-bond acceptors (Lipinski definition) is 6. The Bertz CT molecular complexity index is 891. The number of hydrogen-bond donors (Lipinski definition) is 1.